The van der Waals surface area contributed by atoms with E-state index in [9.17, 15) is 5.11 Å². The first-order valence-electron chi connectivity index (χ1n) is 6.08. The van der Waals surface area contributed by atoms with E-state index in [0.717, 1.165) is 27.7 Å². The highest BCUT2D eigenvalue weighted by atomic mass is 16.3. The van der Waals surface area contributed by atoms with Gasteiger partial charge in [0, 0.05) is 16.6 Å². The number of fused-ring (bicyclic) bond motifs is 1. The van der Waals surface area contributed by atoms with Crippen molar-refractivity contribution in [3.05, 3.63) is 34.5 Å². The lowest BCUT2D eigenvalue weighted by Gasteiger charge is -2.10. The summed E-state index contributed by atoms with van der Waals surface area (Å²) in [6, 6.07) is 4.07. The Hall–Kier alpha value is -1.57. The van der Waals surface area contributed by atoms with E-state index in [-0.39, 0.29) is 0 Å². The van der Waals surface area contributed by atoms with Crippen LogP contribution in [-0.2, 0) is 0 Å². The van der Waals surface area contributed by atoms with E-state index in [1.165, 1.54) is 5.56 Å². The lowest BCUT2D eigenvalue weighted by atomic mass is 10.0. The minimum atomic E-state index is 0.361. The molecule has 92 valence electrons. The quantitative estimate of drug-likeness (QED) is 0.737. The van der Waals surface area contributed by atoms with Gasteiger partial charge in [-0.25, -0.2) is 0 Å². The van der Waals surface area contributed by atoms with Crippen LogP contribution in [0.1, 0.15) is 36.2 Å². The largest absolute Gasteiger partial charge is 0.507 e. The molecule has 0 fully saturated rings. The van der Waals surface area contributed by atoms with Crippen LogP contribution in [0, 0.1) is 27.7 Å². The average Bonchev–Trinajstić information content (AvgIpc) is 2.31. The predicted molar refractivity (Wildman–Crippen MR) is 73.7 cm³/mol. The summed E-state index contributed by atoms with van der Waals surface area (Å²) in [5, 5.41) is 11.0. The number of pyridine rings is 1. The molecule has 0 unspecified atom stereocenters. The average molecular weight is 231 g/mol. The van der Waals surface area contributed by atoms with Gasteiger partial charge in [-0.15, -0.1) is 0 Å². The summed E-state index contributed by atoms with van der Waals surface area (Å²) >= 11 is 0. The van der Waals surface area contributed by atoms with E-state index in [0.29, 0.717) is 5.75 Å². The molecule has 1 aromatic heterocycles. The Labute approximate surface area is 103 Å². The van der Waals surface area contributed by atoms with E-state index < -0.39 is 0 Å². The monoisotopic (exact) mass is 231 g/mol. The summed E-state index contributed by atoms with van der Waals surface area (Å²) in [6.45, 7) is 11.9. The Kier molecular flexibility index (Phi) is 4.11. The minimum Gasteiger partial charge on any atom is -0.507 e. The SMILES string of the molecule is CC.Cc1cc(C)c2cc(C)c(O)c(C)c2n1. The number of rotatable bonds is 0. The van der Waals surface area contributed by atoms with Crippen molar-refractivity contribution in [2.45, 2.75) is 41.5 Å². The second kappa shape index (κ2) is 5.17. The van der Waals surface area contributed by atoms with Gasteiger partial charge < -0.3 is 5.11 Å². The summed E-state index contributed by atoms with van der Waals surface area (Å²) in [5.41, 5.74) is 4.90. The molecule has 17 heavy (non-hydrogen) atoms. The fraction of sp³-hybridized carbons (Fsp3) is 0.400. The van der Waals surface area contributed by atoms with Crippen molar-refractivity contribution < 1.29 is 5.11 Å². The predicted octanol–water partition coefficient (Wildman–Crippen LogP) is 4.20. The number of aryl methyl sites for hydroxylation is 4. The molecule has 0 aliphatic rings. The molecule has 2 heteroatoms. The number of aromatic hydroxyl groups is 1. The van der Waals surface area contributed by atoms with Crippen LogP contribution in [0.25, 0.3) is 10.9 Å². The van der Waals surface area contributed by atoms with Gasteiger partial charge in [0.25, 0.3) is 0 Å². The molecule has 1 heterocycles. The zero-order valence-corrected chi connectivity index (χ0v) is 11.5. The molecule has 0 aliphatic carbocycles. The molecule has 2 nitrogen and oxygen atoms in total. The van der Waals surface area contributed by atoms with Crippen LogP contribution >= 0.6 is 0 Å². The zero-order valence-electron chi connectivity index (χ0n) is 11.5. The van der Waals surface area contributed by atoms with Gasteiger partial charge in [-0.3, -0.25) is 4.98 Å². The van der Waals surface area contributed by atoms with Crippen molar-refractivity contribution in [3.8, 4) is 5.75 Å². The molecule has 2 rings (SSSR count). The van der Waals surface area contributed by atoms with Crippen LogP contribution in [0.5, 0.6) is 5.75 Å². The van der Waals surface area contributed by atoms with Gasteiger partial charge in [-0.05, 0) is 51.0 Å². The highest BCUT2D eigenvalue weighted by Gasteiger charge is 2.09. The fourth-order valence-corrected chi connectivity index (χ4v) is 2.01. The molecule has 0 aliphatic heterocycles. The van der Waals surface area contributed by atoms with Gasteiger partial charge in [0.2, 0.25) is 0 Å². The third kappa shape index (κ3) is 2.41. The molecular weight excluding hydrogens is 210 g/mol. The summed E-state index contributed by atoms with van der Waals surface area (Å²) in [4.78, 5) is 4.48. The number of hydrogen-bond acceptors (Lipinski definition) is 2. The van der Waals surface area contributed by atoms with Gasteiger partial charge in [-0.2, -0.15) is 0 Å². The maximum Gasteiger partial charge on any atom is 0.123 e. The molecular formula is C15H21NO. The number of hydrogen-bond donors (Lipinski definition) is 1. The Morgan fingerprint density at radius 2 is 1.53 bits per heavy atom. The van der Waals surface area contributed by atoms with E-state index >= 15 is 0 Å². The van der Waals surface area contributed by atoms with E-state index in [4.69, 9.17) is 0 Å². The Bertz CT molecular complexity index is 544. The number of phenolic OH excluding ortho intramolecular Hbond substituents is 1. The highest BCUT2D eigenvalue weighted by molar-refractivity contribution is 5.87. The van der Waals surface area contributed by atoms with Gasteiger partial charge >= 0.3 is 0 Å². The van der Waals surface area contributed by atoms with Crippen molar-refractivity contribution >= 4 is 10.9 Å². The third-order valence-electron chi connectivity index (χ3n) is 2.84. The van der Waals surface area contributed by atoms with Gasteiger partial charge in [0.15, 0.2) is 0 Å². The normalized spacial score (nSPS) is 10.0. The topological polar surface area (TPSA) is 33.1 Å². The van der Waals surface area contributed by atoms with E-state index in [1.807, 2.05) is 40.7 Å². The van der Waals surface area contributed by atoms with Gasteiger partial charge in [-0.1, -0.05) is 13.8 Å². The van der Waals surface area contributed by atoms with E-state index in [1.54, 1.807) is 0 Å². The highest BCUT2D eigenvalue weighted by Crippen LogP contribution is 2.30. The summed E-state index contributed by atoms with van der Waals surface area (Å²) in [6.07, 6.45) is 0. The minimum absolute atomic E-state index is 0.361. The van der Waals surface area contributed by atoms with Crippen LogP contribution in [0.3, 0.4) is 0 Å². The molecule has 1 aromatic carbocycles. The third-order valence-corrected chi connectivity index (χ3v) is 2.84. The molecule has 0 bridgehead atoms. The lowest BCUT2D eigenvalue weighted by Crippen LogP contribution is -1.92. The van der Waals surface area contributed by atoms with Crippen LogP contribution in [-0.4, -0.2) is 10.1 Å². The first-order valence-corrected chi connectivity index (χ1v) is 6.08. The molecule has 0 atom stereocenters. The summed E-state index contributed by atoms with van der Waals surface area (Å²) < 4.78 is 0. The van der Waals surface area contributed by atoms with E-state index in [2.05, 4.69) is 18.0 Å². The van der Waals surface area contributed by atoms with Crippen molar-refractivity contribution in [2.24, 2.45) is 0 Å². The first-order chi connectivity index (χ1) is 8.00. The molecule has 0 saturated heterocycles. The van der Waals surface area contributed by atoms with Crippen LogP contribution in [0.15, 0.2) is 12.1 Å². The number of nitrogens with zero attached hydrogens (tertiary/aromatic N) is 1. The second-order valence-electron chi connectivity index (χ2n) is 4.14. The van der Waals surface area contributed by atoms with Crippen LogP contribution < -0.4 is 0 Å². The van der Waals surface area contributed by atoms with Crippen molar-refractivity contribution in [1.82, 2.24) is 4.98 Å². The Balaban J connectivity index is 0.000000686. The van der Waals surface area contributed by atoms with Gasteiger partial charge in [0.1, 0.15) is 5.75 Å². The van der Waals surface area contributed by atoms with Crippen molar-refractivity contribution in [3.63, 3.8) is 0 Å². The molecule has 2 aromatic rings. The fourth-order valence-electron chi connectivity index (χ4n) is 2.01. The van der Waals surface area contributed by atoms with Crippen LogP contribution in [0.2, 0.25) is 0 Å². The summed E-state index contributed by atoms with van der Waals surface area (Å²) in [7, 11) is 0. The molecule has 1 N–H and O–H groups in total. The number of aromatic nitrogens is 1. The summed E-state index contributed by atoms with van der Waals surface area (Å²) in [5.74, 6) is 0.361. The molecule has 0 saturated carbocycles. The molecule has 0 amide bonds. The first kappa shape index (κ1) is 13.5. The van der Waals surface area contributed by atoms with Gasteiger partial charge in [0.05, 0.1) is 5.52 Å². The Morgan fingerprint density at radius 1 is 0.941 bits per heavy atom. The maximum absolute atomic E-state index is 9.85. The van der Waals surface area contributed by atoms with Crippen molar-refractivity contribution in [2.75, 3.05) is 0 Å². The molecule has 0 radical (unpaired) electrons. The second-order valence-corrected chi connectivity index (χ2v) is 4.14. The smallest absolute Gasteiger partial charge is 0.123 e. The number of phenols is 1. The Morgan fingerprint density at radius 3 is 2.12 bits per heavy atom. The zero-order chi connectivity index (χ0) is 13.2. The number of benzene rings is 1. The lowest BCUT2D eigenvalue weighted by molar-refractivity contribution is 0.468. The van der Waals surface area contributed by atoms with Crippen LogP contribution in [0.4, 0.5) is 0 Å². The molecule has 0 spiro atoms. The maximum atomic E-state index is 9.85. The van der Waals surface area contributed by atoms with Crippen molar-refractivity contribution in [1.29, 1.82) is 0 Å². The standard InChI is InChI=1S/C13H15NO.C2H6/c1-7-5-9(3)14-12-10(4)13(15)8(2)6-11(7)12;1-2/h5-6,15H,1-4H3;1-2H3.